The van der Waals surface area contributed by atoms with E-state index >= 15 is 0 Å². The van der Waals surface area contributed by atoms with Crippen molar-refractivity contribution >= 4 is 11.4 Å². The highest BCUT2D eigenvalue weighted by Crippen LogP contribution is 2.32. The Labute approximate surface area is 163 Å². The second-order valence-electron chi connectivity index (χ2n) is 7.01. The van der Waals surface area contributed by atoms with Crippen LogP contribution in [0.3, 0.4) is 0 Å². The first-order valence-electron chi connectivity index (χ1n) is 10.1. The molecule has 0 bridgehead atoms. The van der Waals surface area contributed by atoms with Crippen LogP contribution in [0.4, 0.5) is 11.4 Å². The predicted molar refractivity (Wildman–Crippen MR) is 112 cm³/mol. The lowest BCUT2D eigenvalue weighted by Gasteiger charge is -2.07. The van der Waals surface area contributed by atoms with Crippen LogP contribution in [-0.2, 0) is 0 Å². The lowest BCUT2D eigenvalue weighted by Crippen LogP contribution is -1.97. The van der Waals surface area contributed by atoms with Gasteiger partial charge in [-0.2, -0.15) is 5.11 Å². The summed E-state index contributed by atoms with van der Waals surface area (Å²) in [5, 5.41) is 18.4. The van der Waals surface area contributed by atoms with Crippen molar-refractivity contribution in [3.8, 4) is 11.5 Å². The summed E-state index contributed by atoms with van der Waals surface area (Å²) >= 11 is 0. The molecule has 0 amide bonds. The predicted octanol–water partition coefficient (Wildman–Crippen LogP) is 7.64. The van der Waals surface area contributed by atoms with E-state index in [1.807, 2.05) is 37.3 Å². The van der Waals surface area contributed by atoms with Gasteiger partial charge in [0, 0.05) is 6.07 Å². The van der Waals surface area contributed by atoms with E-state index in [-0.39, 0.29) is 5.75 Å². The first-order valence-corrected chi connectivity index (χ1v) is 10.1. The summed E-state index contributed by atoms with van der Waals surface area (Å²) in [7, 11) is 0. The number of aryl methyl sites for hydroxylation is 1. The van der Waals surface area contributed by atoms with Crippen LogP contribution in [-0.4, -0.2) is 11.7 Å². The molecule has 2 aromatic carbocycles. The normalized spacial score (nSPS) is 11.2. The van der Waals surface area contributed by atoms with Gasteiger partial charge in [-0.1, -0.05) is 69.6 Å². The number of phenolic OH excluding ortho intramolecular Hbond substituents is 1. The zero-order chi connectivity index (χ0) is 19.3. The van der Waals surface area contributed by atoms with Crippen LogP contribution >= 0.6 is 0 Å². The van der Waals surface area contributed by atoms with Crippen molar-refractivity contribution in [2.75, 3.05) is 6.61 Å². The van der Waals surface area contributed by atoms with E-state index in [4.69, 9.17) is 4.74 Å². The third-order valence-electron chi connectivity index (χ3n) is 4.52. The zero-order valence-electron chi connectivity index (χ0n) is 16.7. The number of unbranched alkanes of at least 4 members (excludes halogenated alkanes) is 7. The molecule has 4 heteroatoms. The fourth-order valence-electron chi connectivity index (χ4n) is 2.83. The molecule has 0 aliphatic heterocycles. The monoisotopic (exact) mass is 368 g/mol. The maximum absolute atomic E-state index is 10.1. The summed E-state index contributed by atoms with van der Waals surface area (Å²) in [6.07, 6.45) is 10.2. The molecular weight excluding hydrogens is 336 g/mol. The lowest BCUT2D eigenvalue weighted by atomic mass is 10.1. The molecule has 1 N–H and O–H groups in total. The Morgan fingerprint density at radius 2 is 1.48 bits per heavy atom. The zero-order valence-corrected chi connectivity index (χ0v) is 16.7. The molecule has 0 unspecified atom stereocenters. The number of rotatable bonds is 12. The summed E-state index contributed by atoms with van der Waals surface area (Å²) in [4.78, 5) is 0. The Hall–Kier alpha value is -2.36. The number of aromatic hydroxyl groups is 1. The van der Waals surface area contributed by atoms with Crippen molar-refractivity contribution < 1.29 is 9.84 Å². The van der Waals surface area contributed by atoms with Crippen molar-refractivity contribution in [1.29, 1.82) is 0 Å². The Morgan fingerprint density at radius 3 is 2.15 bits per heavy atom. The first-order chi connectivity index (χ1) is 13.2. The number of hydrogen-bond acceptors (Lipinski definition) is 4. The molecule has 0 aliphatic rings. The average Bonchev–Trinajstić information content (AvgIpc) is 2.67. The Bertz CT molecular complexity index is 696. The molecule has 0 saturated carbocycles. The molecule has 146 valence electrons. The summed E-state index contributed by atoms with van der Waals surface area (Å²) < 4.78 is 5.73. The van der Waals surface area contributed by atoms with Crippen LogP contribution in [0.5, 0.6) is 11.5 Å². The van der Waals surface area contributed by atoms with Crippen molar-refractivity contribution in [3.63, 3.8) is 0 Å². The van der Waals surface area contributed by atoms with Crippen molar-refractivity contribution in [2.45, 2.75) is 65.2 Å². The second kappa shape index (κ2) is 12.1. The highest BCUT2D eigenvalue weighted by atomic mass is 16.5. The number of phenols is 1. The topological polar surface area (TPSA) is 54.2 Å². The largest absolute Gasteiger partial charge is 0.505 e. The van der Waals surface area contributed by atoms with E-state index < -0.39 is 0 Å². The fourth-order valence-corrected chi connectivity index (χ4v) is 2.83. The molecule has 0 aromatic heterocycles. The van der Waals surface area contributed by atoms with Gasteiger partial charge in [-0.25, -0.2) is 0 Å². The molecule has 0 saturated heterocycles. The minimum absolute atomic E-state index is 0.0827. The molecule has 0 fully saturated rings. The first kappa shape index (κ1) is 20.9. The van der Waals surface area contributed by atoms with Crippen LogP contribution in [0.1, 0.15) is 63.9 Å². The molecular formula is C23H32N2O2. The summed E-state index contributed by atoms with van der Waals surface area (Å²) in [5.41, 5.74) is 2.37. The molecule has 4 nitrogen and oxygen atoms in total. The van der Waals surface area contributed by atoms with Crippen LogP contribution in [0.25, 0.3) is 0 Å². The van der Waals surface area contributed by atoms with Crippen LogP contribution in [0, 0.1) is 6.92 Å². The van der Waals surface area contributed by atoms with E-state index in [2.05, 4.69) is 17.2 Å². The molecule has 0 heterocycles. The van der Waals surface area contributed by atoms with Gasteiger partial charge in [0.1, 0.15) is 17.2 Å². The van der Waals surface area contributed by atoms with Crippen molar-refractivity contribution in [1.82, 2.24) is 0 Å². The van der Waals surface area contributed by atoms with Gasteiger partial charge >= 0.3 is 0 Å². The minimum Gasteiger partial charge on any atom is -0.505 e. The van der Waals surface area contributed by atoms with E-state index in [1.165, 1.54) is 50.5 Å². The number of hydrogen-bond donors (Lipinski definition) is 1. The SMILES string of the molecule is CCCCCCCCCCOc1ccc(N=Nc2ccc(C)cc2)c(O)c1. The van der Waals surface area contributed by atoms with Crippen LogP contribution in [0.2, 0.25) is 0 Å². The maximum atomic E-state index is 10.1. The Morgan fingerprint density at radius 1 is 0.815 bits per heavy atom. The minimum atomic E-state index is 0.0827. The Balaban J connectivity index is 1.70. The highest BCUT2D eigenvalue weighted by molar-refractivity contribution is 5.54. The maximum Gasteiger partial charge on any atom is 0.146 e. The van der Waals surface area contributed by atoms with E-state index in [0.717, 1.165) is 12.1 Å². The number of ether oxygens (including phenoxy) is 1. The van der Waals surface area contributed by atoms with Gasteiger partial charge in [-0.05, 0) is 37.6 Å². The van der Waals surface area contributed by atoms with Crippen molar-refractivity contribution in [2.24, 2.45) is 10.2 Å². The van der Waals surface area contributed by atoms with Gasteiger partial charge in [0.25, 0.3) is 0 Å². The van der Waals surface area contributed by atoms with E-state index in [9.17, 15) is 5.11 Å². The molecule has 0 atom stereocenters. The summed E-state index contributed by atoms with van der Waals surface area (Å²) in [5.74, 6) is 0.754. The van der Waals surface area contributed by atoms with Gasteiger partial charge in [0.05, 0.1) is 12.3 Å². The second-order valence-corrected chi connectivity index (χ2v) is 7.01. The van der Waals surface area contributed by atoms with Gasteiger partial charge in [-0.15, -0.1) is 5.11 Å². The number of benzene rings is 2. The molecule has 2 aromatic rings. The number of azo groups is 1. The van der Waals surface area contributed by atoms with Crippen LogP contribution < -0.4 is 4.74 Å². The quantitative estimate of drug-likeness (QED) is 0.309. The molecule has 2 rings (SSSR count). The average molecular weight is 369 g/mol. The molecule has 0 spiro atoms. The van der Waals surface area contributed by atoms with Crippen LogP contribution in [0.15, 0.2) is 52.7 Å². The van der Waals surface area contributed by atoms with Gasteiger partial charge in [0.15, 0.2) is 0 Å². The lowest BCUT2D eigenvalue weighted by molar-refractivity contribution is 0.302. The highest BCUT2D eigenvalue weighted by Gasteiger charge is 2.03. The Kier molecular flexibility index (Phi) is 9.39. The smallest absolute Gasteiger partial charge is 0.146 e. The standard InChI is InChI=1S/C23H32N2O2/c1-3-4-5-6-7-8-9-10-17-27-21-15-16-22(23(26)18-21)25-24-20-13-11-19(2)12-14-20/h11-16,18,26H,3-10,17H2,1-2H3. The number of nitrogens with zero attached hydrogens (tertiary/aromatic N) is 2. The summed E-state index contributed by atoms with van der Waals surface area (Å²) in [6.45, 7) is 4.95. The fraction of sp³-hybridized carbons (Fsp3) is 0.478. The van der Waals surface area contributed by atoms with Gasteiger partial charge in [0.2, 0.25) is 0 Å². The third-order valence-corrected chi connectivity index (χ3v) is 4.52. The van der Waals surface area contributed by atoms with Gasteiger partial charge in [-0.3, -0.25) is 0 Å². The third kappa shape index (κ3) is 8.25. The van der Waals surface area contributed by atoms with Crippen molar-refractivity contribution in [3.05, 3.63) is 48.0 Å². The molecule has 27 heavy (non-hydrogen) atoms. The molecule has 0 aliphatic carbocycles. The summed E-state index contributed by atoms with van der Waals surface area (Å²) in [6, 6.07) is 12.9. The van der Waals surface area contributed by atoms with Gasteiger partial charge < -0.3 is 9.84 Å². The van der Waals surface area contributed by atoms with E-state index in [1.54, 1.807) is 12.1 Å². The molecule has 0 radical (unpaired) electrons. The van der Waals surface area contributed by atoms with E-state index in [0.29, 0.717) is 18.0 Å².